The summed E-state index contributed by atoms with van der Waals surface area (Å²) < 4.78 is 7.87. The summed E-state index contributed by atoms with van der Waals surface area (Å²) in [4.78, 5) is 0. The Morgan fingerprint density at radius 3 is 2.36 bits per heavy atom. The van der Waals surface area contributed by atoms with E-state index in [0.29, 0.717) is 0 Å². The van der Waals surface area contributed by atoms with Gasteiger partial charge in [0.15, 0.2) is 0 Å². The SMILES string of the molecule is c1ccc(Oc2cccc(CNCc3ccccc3Cn3cccn3)c2)cc1. The number of rotatable bonds is 8. The van der Waals surface area contributed by atoms with Crippen molar-refractivity contribution in [3.05, 3.63) is 114 Å². The first kappa shape index (κ1) is 18.0. The van der Waals surface area contributed by atoms with E-state index in [1.165, 1.54) is 16.7 Å². The Hall–Kier alpha value is -3.37. The van der Waals surface area contributed by atoms with Gasteiger partial charge < -0.3 is 10.1 Å². The molecule has 0 fully saturated rings. The van der Waals surface area contributed by atoms with Crippen LogP contribution in [0.4, 0.5) is 0 Å². The summed E-state index contributed by atoms with van der Waals surface area (Å²) in [5.41, 5.74) is 3.76. The third-order valence-corrected chi connectivity index (χ3v) is 4.53. The normalized spacial score (nSPS) is 10.7. The fourth-order valence-corrected chi connectivity index (χ4v) is 3.14. The number of aromatic nitrogens is 2. The van der Waals surface area contributed by atoms with Gasteiger partial charge in [0.1, 0.15) is 11.5 Å². The number of ether oxygens (including phenoxy) is 1. The molecule has 3 aromatic carbocycles. The van der Waals surface area contributed by atoms with Crippen LogP contribution in [0.5, 0.6) is 11.5 Å². The second-order valence-electron chi connectivity index (χ2n) is 6.64. The predicted molar refractivity (Wildman–Crippen MR) is 111 cm³/mol. The van der Waals surface area contributed by atoms with Crippen molar-refractivity contribution in [2.75, 3.05) is 0 Å². The van der Waals surface area contributed by atoms with E-state index in [0.717, 1.165) is 31.1 Å². The minimum absolute atomic E-state index is 0.780. The van der Waals surface area contributed by atoms with Gasteiger partial charge in [0.2, 0.25) is 0 Å². The summed E-state index contributed by atoms with van der Waals surface area (Å²) in [5.74, 6) is 1.70. The lowest BCUT2D eigenvalue weighted by molar-refractivity contribution is 0.481. The molecule has 0 saturated carbocycles. The monoisotopic (exact) mass is 369 g/mol. The summed E-state index contributed by atoms with van der Waals surface area (Å²) in [6, 6.07) is 28.5. The topological polar surface area (TPSA) is 39.1 Å². The molecule has 0 radical (unpaired) electrons. The molecule has 1 heterocycles. The van der Waals surface area contributed by atoms with Crippen LogP contribution in [-0.4, -0.2) is 9.78 Å². The lowest BCUT2D eigenvalue weighted by Crippen LogP contribution is -2.15. The van der Waals surface area contributed by atoms with Crippen molar-refractivity contribution >= 4 is 0 Å². The van der Waals surface area contributed by atoms with E-state index in [1.807, 2.05) is 65.6 Å². The van der Waals surface area contributed by atoms with Gasteiger partial charge in [-0.1, -0.05) is 54.6 Å². The van der Waals surface area contributed by atoms with Gasteiger partial charge in [-0.2, -0.15) is 5.10 Å². The minimum Gasteiger partial charge on any atom is -0.457 e. The second-order valence-corrected chi connectivity index (χ2v) is 6.64. The summed E-state index contributed by atoms with van der Waals surface area (Å²) >= 11 is 0. The number of hydrogen-bond donors (Lipinski definition) is 1. The van der Waals surface area contributed by atoms with E-state index in [2.05, 4.69) is 46.8 Å². The maximum Gasteiger partial charge on any atom is 0.127 e. The van der Waals surface area contributed by atoms with Crippen LogP contribution >= 0.6 is 0 Å². The van der Waals surface area contributed by atoms with Gasteiger partial charge in [-0.25, -0.2) is 0 Å². The molecule has 4 nitrogen and oxygen atoms in total. The van der Waals surface area contributed by atoms with Crippen molar-refractivity contribution < 1.29 is 4.74 Å². The zero-order valence-corrected chi connectivity index (χ0v) is 15.7. The standard InChI is InChI=1S/C24H23N3O/c1-2-11-23(12-3-1)28-24-13-6-8-20(16-24)17-25-18-21-9-4-5-10-22(21)19-27-15-7-14-26-27/h1-16,25H,17-19H2. The zero-order chi connectivity index (χ0) is 19.0. The van der Waals surface area contributed by atoms with Crippen LogP contribution in [0.2, 0.25) is 0 Å². The van der Waals surface area contributed by atoms with E-state index >= 15 is 0 Å². The molecule has 1 aromatic heterocycles. The molecule has 4 heteroatoms. The summed E-state index contributed by atoms with van der Waals surface area (Å²) in [6.07, 6.45) is 3.80. The molecule has 0 atom stereocenters. The molecule has 1 N–H and O–H groups in total. The van der Waals surface area contributed by atoms with Crippen LogP contribution in [0, 0.1) is 0 Å². The molecular formula is C24H23N3O. The highest BCUT2D eigenvalue weighted by molar-refractivity contribution is 5.34. The number of nitrogens with zero attached hydrogens (tertiary/aromatic N) is 2. The van der Waals surface area contributed by atoms with Gasteiger partial charge in [-0.15, -0.1) is 0 Å². The molecule has 0 aliphatic carbocycles. The van der Waals surface area contributed by atoms with Crippen LogP contribution in [0.1, 0.15) is 16.7 Å². The highest BCUT2D eigenvalue weighted by Crippen LogP contribution is 2.21. The number of benzene rings is 3. The Morgan fingerprint density at radius 2 is 1.54 bits per heavy atom. The van der Waals surface area contributed by atoms with Crippen molar-refractivity contribution in [1.82, 2.24) is 15.1 Å². The summed E-state index contributed by atoms with van der Waals surface area (Å²) in [7, 11) is 0. The van der Waals surface area contributed by atoms with Gasteiger partial charge in [-0.05, 0) is 47.0 Å². The summed E-state index contributed by atoms with van der Waals surface area (Å²) in [6.45, 7) is 2.37. The first-order chi connectivity index (χ1) is 13.9. The fourth-order valence-electron chi connectivity index (χ4n) is 3.14. The first-order valence-corrected chi connectivity index (χ1v) is 9.43. The van der Waals surface area contributed by atoms with Crippen LogP contribution in [-0.2, 0) is 19.6 Å². The van der Waals surface area contributed by atoms with E-state index in [4.69, 9.17) is 4.74 Å². The molecular weight excluding hydrogens is 346 g/mol. The Balaban J connectivity index is 1.36. The van der Waals surface area contributed by atoms with E-state index in [9.17, 15) is 0 Å². The van der Waals surface area contributed by atoms with E-state index < -0.39 is 0 Å². The number of para-hydroxylation sites is 1. The minimum atomic E-state index is 0.780. The maximum absolute atomic E-state index is 5.92. The Morgan fingerprint density at radius 1 is 0.750 bits per heavy atom. The molecule has 0 saturated heterocycles. The third kappa shape index (κ3) is 4.87. The number of hydrogen-bond acceptors (Lipinski definition) is 3. The van der Waals surface area contributed by atoms with Crippen LogP contribution in [0.15, 0.2) is 97.3 Å². The lowest BCUT2D eigenvalue weighted by atomic mass is 10.1. The van der Waals surface area contributed by atoms with Gasteiger partial charge in [0.25, 0.3) is 0 Å². The summed E-state index contributed by atoms with van der Waals surface area (Å²) in [5, 5.41) is 7.85. The number of nitrogens with one attached hydrogen (secondary N) is 1. The van der Waals surface area contributed by atoms with Gasteiger partial charge in [0.05, 0.1) is 6.54 Å². The molecule has 0 aliphatic heterocycles. The van der Waals surface area contributed by atoms with Crippen molar-refractivity contribution in [3.63, 3.8) is 0 Å². The fraction of sp³-hybridized carbons (Fsp3) is 0.125. The molecule has 0 spiro atoms. The molecule has 4 rings (SSSR count). The third-order valence-electron chi connectivity index (χ3n) is 4.53. The molecule has 4 aromatic rings. The van der Waals surface area contributed by atoms with Crippen molar-refractivity contribution in [3.8, 4) is 11.5 Å². The molecule has 0 bridgehead atoms. The Labute approximate surface area is 165 Å². The smallest absolute Gasteiger partial charge is 0.127 e. The quantitative estimate of drug-likeness (QED) is 0.474. The average Bonchev–Trinajstić information content (AvgIpc) is 3.24. The van der Waals surface area contributed by atoms with E-state index in [-0.39, 0.29) is 0 Å². The van der Waals surface area contributed by atoms with Crippen LogP contribution in [0.25, 0.3) is 0 Å². The van der Waals surface area contributed by atoms with Gasteiger partial charge in [-0.3, -0.25) is 4.68 Å². The van der Waals surface area contributed by atoms with Crippen molar-refractivity contribution in [2.24, 2.45) is 0 Å². The highest BCUT2D eigenvalue weighted by atomic mass is 16.5. The highest BCUT2D eigenvalue weighted by Gasteiger charge is 2.04. The van der Waals surface area contributed by atoms with Crippen molar-refractivity contribution in [2.45, 2.75) is 19.6 Å². The van der Waals surface area contributed by atoms with Gasteiger partial charge >= 0.3 is 0 Å². The largest absolute Gasteiger partial charge is 0.457 e. The maximum atomic E-state index is 5.92. The second kappa shape index (κ2) is 9.02. The molecule has 0 aliphatic rings. The Kier molecular flexibility index (Phi) is 5.80. The molecule has 0 unspecified atom stereocenters. The Bertz CT molecular complexity index is 997. The first-order valence-electron chi connectivity index (χ1n) is 9.43. The molecule has 0 amide bonds. The van der Waals surface area contributed by atoms with Crippen LogP contribution < -0.4 is 10.1 Å². The predicted octanol–water partition coefficient (Wildman–Crippen LogP) is 5.01. The lowest BCUT2D eigenvalue weighted by Gasteiger charge is -2.12. The van der Waals surface area contributed by atoms with Crippen LogP contribution in [0.3, 0.4) is 0 Å². The zero-order valence-electron chi connectivity index (χ0n) is 15.7. The average molecular weight is 369 g/mol. The van der Waals surface area contributed by atoms with Crippen molar-refractivity contribution in [1.29, 1.82) is 0 Å². The van der Waals surface area contributed by atoms with E-state index in [1.54, 1.807) is 0 Å². The molecule has 28 heavy (non-hydrogen) atoms. The molecule has 140 valence electrons. The van der Waals surface area contributed by atoms with Gasteiger partial charge in [0, 0.05) is 25.5 Å².